The molecule has 0 spiro atoms. The van der Waals surface area contributed by atoms with Gasteiger partial charge in [0.15, 0.2) is 11.5 Å². The lowest BCUT2D eigenvalue weighted by atomic mass is 9.97. The predicted octanol–water partition coefficient (Wildman–Crippen LogP) is 5.20. The number of ether oxygens (including phenoxy) is 2. The van der Waals surface area contributed by atoms with E-state index in [4.69, 9.17) is 19.0 Å². The molecule has 8 nitrogen and oxygen atoms in total. The van der Waals surface area contributed by atoms with Gasteiger partial charge in [-0.25, -0.2) is 5.01 Å². The second-order valence-electron chi connectivity index (χ2n) is 6.97. The number of nitro benzene ring substituents is 1. The number of nitro groups is 1. The fourth-order valence-corrected chi connectivity index (χ4v) is 4.30. The average Bonchev–Trinajstić information content (AvgIpc) is 3.42. The van der Waals surface area contributed by atoms with E-state index in [2.05, 4.69) is 15.9 Å². The summed E-state index contributed by atoms with van der Waals surface area (Å²) in [6.07, 6.45) is 1.69. The van der Waals surface area contributed by atoms with E-state index < -0.39 is 11.2 Å². The van der Waals surface area contributed by atoms with Gasteiger partial charge in [-0.15, -0.1) is 0 Å². The van der Waals surface area contributed by atoms with Crippen LogP contribution in [0.5, 0.6) is 11.5 Å². The van der Waals surface area contributed by atoms with E-state index in [0.29, 0.717) is 23.7 Å². The van der Waals surface area contributed by atoms with Crippen molar-refractivity contribution in [2.75, 3.05) is 7.11 Å². The molecule has 152 valence electrons. The molecule has 3 heterocycles. The lowest BCUT2D eigenvalue weighted by Gasteiger charge is -2.38. The van der Waals surface area contributed by atoms with E-state index in [0.717, 1.165) is 21.3 Å². The summed E-state index contributed by atoms with van der Waals surface area (Å²) >= 11 is 3.54. The van der Waals surface area contributed by atoms with Gasteiger partial charge >= 0.3 is 0 Å². The summed E-state index contributed by atoms with van der Waals surface area (Å²) in [6.45, 7) is 0. The van der Waals surface area contributed by atoms with Crippen LogP contribution in [0.15, 0.2) is 68.8 Å². The molecule has 2 aliphatic rings. The third-order valence-electron chi connectivity index (χ3n) is 5.23. The van der Waals surface area contributed by atoms with Gasteiger partial charge in [-0.1, -0.05) is 15.9 Å². The number of hydrazone groups is 1. The number of rotatable bonds is 4. The van der Waals surface area contributed by atoms with Gasteiger partial charge in [0, 0.05) is 34.2 Å². The lowest BCUT2D eigenvalue weighted by Crippen LogP contribution is -2.34. The maximum absolute atomic E-state index is 11.0. The van der Waals surface area contributed by atoms with Gasteiger partial charge in [0.1, 0.15) is 11.5 Å². The Morgan fingerprint density at radius 3 is 2.73 bits per heavy atom. The van der Waals surface area contributed by atoms with Crippen molar-refractivity contribution >= 4 is 27.3 Å². The Hall–Kier alpha value is -3.33. The lowest BCUT2D eigenvalue weighted by molar-refractivity contribution is -0.384. The first kappa shape index (κ1) is 18.7. The van der Waals surface area contributed by atoms with Crippen LogP contribution in [0.2, 0.25) is 0 Å². The number of fused-ring (bicyclic) bond motifs is 3. The summed E-state index contributed by atoms with van der Waals surface area (Å²) in [7, 11) is 1.60. The Kier molecular flexibility index (Phi) is 4.47. The summed E-state index contributed by atoms with van der Waals surface area (Å²) in [5.74, 6) is 1.95. The Morgan fingerprint density at radius 2 is 2.07 bits per heavy atom. The molecule has 2 atom stereocenters. The first-order valence-corrected chi connectivity index (χ1v) is 10.0. The van der Waals surface area contributed by atoms with Crippen LogP contribution < -0.4 is 9.47 Å². The van der Waals surface area contributed by atoms with Gasteiger partial charge in [0.25, 0.3) is 5.69 Å². The SMILES string of the molecule is COc1cc(Br)cc2c1OC(c1ccc([N+](=O)[O-])cc1)N1N=C(c3ccco3)CC21. The largest absolute Gasteiger partial charge is 0.493 e. The zero-order valence-corrected chi connectivity index (χ0v) is 17.4. The number of hydrogen-bond donors (Lipinski definition) is 0. The van der Waals surface area contributed by atoms with E-state index in [9.17, 15) is 10.1 Å². The zero-order valence-electron chi connectivity index (χ0n) is 15.8. The van der Waals surface area contributed by atoms with Crippen molar-refractivity contribution in [1.82, 2.24) is 5.01 Å². The van der Waals surface area contributed by atoms with Crippen molar-refractivity contribution in [3.8, 4) is 11.5 Å². The van der Waals surface area contributed by atoms with Crippen molar-refractivity contribution in [3.63, 3.8) is 0 Å². The van der Waals surface area contributed by atoms with Gasteiger partial charge in [0.05, 0.1) is 24.3 Å². The minimum atomic E-state index is -0.564. The van der Waals surface area contributed by atoms with E-state index in [-0.39, 0.29) is 11.7 Å². The molecule has 0 bridgehead atoms. The van der Waals surface area contributed by atoms with Crippen LogP contribution in [0.25, 0.3) is 0 Å². The summed E-state index contributed by atoms with van der Waals surface area (Å²) in [6, 6.07) is 13.8. The van der Waals surface area contributed by atoms with Crippen LogP contribution in [0, 0.1) is 10.1 Å². The zero-order chi connectivity index (χ0) is 20.8. The number of nitrogens with zero attached hydrogens (tertiary/aromatic N) is 3. The Labute approximate surface area is 180 Å². The second kappa shape index (κ2) is 7.17. The minimum absolute atomic E-state index is 0.0224. The predicted molar refractivity (Wildman–Crippen MR) is 112 cm³/mol. The fraction of sp³-hybridized carbons (Fsp3) is 0.190. The summed E-state index contributed by atoms with van der Waals surface area (Å²) in [4.78, 5) is 10.6. The number of benzene rings is 2. The van der Waals surface area contributed by atoms with E-state index >= 15 is 0 Å². The van der Waals surface area contributed by atoms with Crippen molar-refractivity contribution in [2.45, 2.75) is 18.7 Å². The monoisotopic (exact) mass is 469 g/mol. The molecule has 2 aromatic carbocycles. The van der Waals surface area contributed by atoms with Crippen LogP contribution >= 0.6 is 15.9 Å². The maximum atomic E-state index is 11.0. The average molecular weight is 470 g/mol. The number of hydrogen-bond acceptors (Lipinski definition) is 7. The molecule has 1 aromatic heterocycles. The Morgan fingerprint density at radius 1 is 1.27 bits per heavy atom. The van der Waals surface area contributed by atoms with E-state index in [1.807, 2.05) is 29.3 Å². The van der Waals surface area contributed by atoms with Crippen molar-refractivity contribution in [3.05, 3.63) is 86.3 Å². The molecule has 30 heavy (non-hydrogen) atoms. The van der Waals surface area contributed by atoms with Gasteiger partial charge in [-0.2, -0.15) is 5.10 Å². The molecule has 3 aromatic rings. The van der Waals surface area contributed by atoms with Crippen LogP contribution in [0.1, 0.15) is 35.6 Å². The van der Waals surface area contributed by atoms with Crippen LogP contribution in [-0.4, -0.2) is 22.8 Å². The molecule has 0 saturated carbocycles. The molecular formula is C21H16BrN3O5. The molecule has 2 unspecified atom stereocenters. The highest BCUT2D eigenvalue weighted by molar-refractivity contribution is 9.10. The third-order valence-corrected chi connectivity index (χ3v) is 5.69. The first-order valence-electron chi connectivity index (χ1n) is 9.23. The van der Waals surface area contributed by atoms with Gasteiger partial charge in [-0.3, -0.25) is 10.1 Å². The number of furan rings is 1. The van der Waals surface area contributed by atoms with Crippen LogP contribution in [0.3, 0.4) is 0 Å². The highest BCUT2D eigenvalue weighted by atomic mass is 79.9. The minimum Gasteiger partial charge on any atom is -0.493 e. The fourth-order valence-electron chi connectivity index (χ4n) is 3.85. The van der Waals surface area contributed by atoms with E-state index in [1.165, 1.54) is 12.1 Å². The van der Waals surface area contributed by atoms with Crippen molar-refractivity contribution in [1.29, 1.82) is 0 Å². The number of non-ortho nitro benzene ring substituents is 1. The quantitative estimate of drug-likeness (QED) is 0.385. The summed E-state index contributed by atoms with van der Waals surface area (Å²) in [5, 5.41) is 17.7. The topological polar surface area (TPSA) is 90.3 Å². The summed E-state index contributed by atoms with van der Waals surface area (Å²) < 4.78 is 18.3. The molecule has 0 N–H and O–H groups in total. The number of halogens is 1. The van der Waals surface area contributed by atoms with Crippen molar-refractivity contribution < 1.29 is 18.8 Å². The molecule has 0 fully saturated rings. The van der Waals surface area contributed by atoms with Gasteiger partial charge in [-0.05, 0) is 36.4 Å². The molecule has 0 amide bonds. The van der Waals surface area contributed by atoms with Crippen molar-refractivity contribution in [2.24, 2.45) is 5.10 Å². The van der Waals surface area contributed by atoms with Gasteiger partial charge in [0.2, 0.25) is 6.23 Å². The molecule has 0 radical (unpaired) electrons. The standard InChI is InChI=1S/C21H16BrN3O5/c1-28-19-10-13(22)9-15-17-11-16(18-3-2-8-29-18)23-24(17)21(30-20(15)19)12-4-6-14(7-5-12)25(26)27/h2-10,17,21H,11H2,1H3. The molecule has 9 heteroatoms. The van der Waals surface area contributed by atoms with Crippen LogP contribution in [-0.2, 0) is 0 Å². The summed E-state index contributed by atoms with van der Waals surface area (Å²) in [5.41, 5.74) is 2.54. The normalized spacial score (nSPS) is 19.5. The van der Waals surface area contributed by atoms with Crippen LogP contribution in [0.4, 0.5) is 5.69 Å². The smallest absolute Gasteiger partial charge is 0.269 e. The molecule has 0 aliphatic carbocycles. The Balaban J connectivity index is 1.62. The van der Waals surface area contributed by atoms with E-state index in [1.54, 1.807) is 25.5 Å². The van der Waals surface area contributed by atoms with Gasteiger partial charge < -0.3 is 13.9 Å². The maximum Gasteiger partial charge on any atom is 0.269 e. The Bertz CT molecular complexity index is 1140. The highest BCUT2D eigenvalue weighted by Gasteiger charge is 2.43. The molecule has 0 saturated heterocycles. The molecular weight excluding hydrogens is 454 g/mol. The molecule has 5 rings (SSSR count). The second-order valence-corrected chi connectivity index (χ2v) is 7.88. The first-order chi connectivity index (χ1) is 14.5. The third kappa shape index (κ3) is 3.02. The number of methoxy groups -OCH3 is 1. The highest BCUT2D eigenvalue weighted by Crippen LogP contribution is 2.51. The molecule has 2 aliphatic heterocycles.